The number of nitrogens with one attached hydrogen (secondary N) is 1. The SMILES string of the molecule is [2H]CC(=O)CC(=O)NC. The van der Waals surface area contributed by atoms with Crippen LogP contribution in [-0.4, -0.2) is 18.7 Å². The molecule has 3 heteroatoms. The Morgan fingerprint density at radius 3 is 2.75 bits per heavy atom. The zero-order chi connectivity index (χ0) is 7.28. The van der Waals surface area contributed by atoms with Crippen LogP contribution in [0.2, 0.25) is 0 Å². The first-order chi connectivity index (χ1) is 4.20. The largest absolute Gasteiger partial charge is 0.359 e. The van der Waals surface area contributed by atoms with Gasteiger partial charge >= 0.3 is 0 Å². The molecule has 0 saturated carbocycles. The Kier molecular flexibility index (Phi) is 2.10. The average molecular weight is 116 g/mol. The number of amides is 1. The Morgan fingerprint density at radius 2 is 2.38 bits per heavy atom. The molecule has 0 radical (unpaired) electrons. The van der Waals surface area contributed by atoms with E-state index in [0.29, 0.717) is 0 Å². The van der Waals surface area contributed by atoms with Gasteiger partial charge in [-0.3, -0.25) is 9.59 Å². The molecular weight excluding hydrogens is 106 g/mol. The highest BCUT2D eigenvalue weighted by atomic mass is 16.2. The van der Waals surface area contributed by atoms with E-state index in [4.69, 9.17) is 1.37 Å². The molecule has 0 aromatic heterocycles. The van der Waals surface area contributed by atoms with Crippen molar-refractivity contribution in [3.8, 4) is 0 Å². The van der Waals surface area contributed by atoms with Gasteiger partial charge in [0.1, 0.15) is 5.78 Å². The number of Topliss-reactive ketones (excluding diaryl/α,β-unsaturated/α-hetero) is 1. The quantitative estimate of drug-likeness (QED) is 0.504. The molecule has 0 aliphatic heterocycles. The summed E-state index contributed by atoms with van der Waals surface area (Å²) in [4.78, 5) is 20.7. The molecule has 8 heavy (non-hydrogen) atoms. The number of carbonyl (C=O) groups is 2. The maximum Gasteiger partial charge on any atom is 0.227 e. The fourth-order valence-corrected chi connectivity index (χ4v) is 0.267. The maximum absolute atomic E-state index is 10.4. The maximum atomic E-state index is 10.4. The molecule has 0 aromatic rings. The molecular formula is C5H9NO2. The molecule has 0 spiro atoms. The Balaban J connectivity index is 3.47. The molecule has 46 valence electrons. The first-order valence-corrected chi connectivity index (χ1v) is 2.22. The summed E-state index contributed by atoms with van der Waals surface area (Å²) in [5, 5.41) is 2.29. The van der Waals surface area contributed by atoms with E-state index in [-0.39, 0.29) is 25.0 Å². The molecule has 3 nitrogen and oxygen atoms in total. The van der Waals surface area contributed by atoms with Crippen LogP contribution in [0.5, 0.6) is 0 Å². The third-order valence-corrected chi connectivity index (χ3v) is 0.637. The van der Waals surface area contributed by atoms with E-state index in [9.17, 15) is 9.59 Å². The minimum absolute atomic E-state index is 0.167. The average Bonchev–Trinajstić information content (AvgIpc) is 1.87. The van der Waals surface area contributed by atoms with Gasteiger partial charge < -0.3 is 5.32 Å². The third-order valence-electron chi connectivity index (χ3n) is 0.637. The minimum Gasteiger partial charge on any atom is -0.359 e. The second-order valence-corrected chi connectivity index (χ2v) is 1.39. The lowest BCUT2D eigenvalue weighted by Crippen LogP contribution is -2.19. The number of rotatable bonds is 2. The lowest BCUT2D eigenvalue weighted by atomic mass is 10.3. The Labute approximate surface area is 49.5 Å². The fourth-order valence-electron chi connectivity index (χ4n) is 0.267. The van der Waals surface area contributed by atoms with Crippen LogP contribution in [0.4, 0.5) is 0 Å². The fraction of sp³-hybridized carbons (Fsp3) is 0.600. The van der Waals surface area contributed by atoms with Crippen LogP contribution in [0.15, 0.2) is 0 Å². The zero-order valence-electron chi connectivity index (χ0n) is 5.73. The van der Waals surface area contributed by atoms with E-state index < -0.39 is 0 Å². The van der Waals surface area contributed by atoms with Gasteiger partial charge in [0.15, 0.2) is 0 Å². The molecule has 0 atom stereocenters. The second kappa shape index (κ2) is 3.18. The van der Waals surface area contributed by atoms with Gasteiger partial charge in [-0.1, -0.05) is 0 Å². The van der Waals surface area contributed by atoms with Crippen LogP contribution in [0.3, 0.4) is 0 Å². The predicted molar refractivity (Wildman–Crippen MR) is 29.4 cm³/mol. The van der Waals surface area contributed by atoms with Crippen molar-refractivity contribution in [2.24, 2.45) is 0 Å². The number of hydrogen-bond acceptors (Lipinski definition) is 2. The molecule has 0 rings (SSSR count). The lowest BCUT2D eigenvalue weighted by molar-refractivity contribution is -0.126. The number of carbonyl (C=O) groups excluding carboxylic acids is 2. The molecule has 0 aliphatic rings. The molecule has 1 N–H and O–H groups in total. The van der Waals surface area contributed by atoms with Gasteiger partial charge in [-0.25, -0.2) is 0 Å². The van der Waals surface area contributed by atoms with Gasteiger partial charge in [0.25, 0.3) is 0 Å². The summed E-state index contributed by atoms with van der Waals surface area (Å²) in [6.45, 7) is -0.312. The van der Waals surface area contributed by atoms with Crippen molar-refractivity contribution in [1.82, 2.24) is 5.32 Å². The van der Waals surface area contributed by atoms with Crippen molar-refractivity contribution < 1.29 is 11.0 Å². The van der Waals surface area contributed by atoms with E-state index in [1.54, 1.807) is 0 Å². The summed E-state index contributed by atoms with van der Waals surface area (Å²) >= 11 is 0. The molecule has 0 saturated heterocycles. The van der Waals surface area contributed by atoms with Crippen LogP contribution in [0, 0.1) is 0 Å². The summed E-state index contributed by atoms with van der Waals surface area (Å²) in [6, 6.07) is 0. The van der Waals surface area contributed by atoms with Crippen molar-refractivity contribution in [2.45, 2.75) is 13.3 Å². The van der Waals surface area contributed by atoms with E-state index in [0.717, 1.165) is 0 Å². The molecule has 0 bridgehead atoms. The normalized spacial score (nSPS) is 9.88. The summed E-state index contributed by atoms with van der Waals surface area (Å²) in [6.07, 6.45) is -0.167. The first-order valence-electron chi connectivity index (χ1n) is 2.93. The minimum atomic E-state index is -0.352. The van der Waals surface area contributed by atoms with Gasteiger partial charge in [-0.05, 0) is 6.90 Å². The Morgan fingerprint density at radius 1 is 1.75 bits per heavy atom. The molecule has 0 unspecified atom stereocenters. The molecule has 0 aromatic carbocycles. The van der Waals surface area contributed by atoms with Crippen LogP contribution >= 0.6 is 0 Å². The predicted octanol–water partition coefficient (Wildman–Crippen LogP) is -0.289. The van der Waals surface area contributed by atoms with Crippen LogP contribution < -0.4 is 5.32 Å². The third kappa shape index (κ3) is 3.33. The van der Waals surface area contributed by atoms with Gasteiger partial charge in [-0.2, -0.15) is 0 Å². The van der Waals surface area contributed by atoms with Crippen molar-refractivity contribution in [1.29, 1.82) is 0 Å². The van der Waals surface area contributed by atoms with E-state index in [1.165, 1.54) is 7.05 Å². The Bertz CT molecular complexity index is 110. The van der Waals surface area contributed by atoms with Crippen molar-refractivity contribution >= 4 is 11.7 Å². The van der Waals surface area contributed by atoms with E-state index >= 15 is 0 Å². The number of hydrogen-bond donors (Lipinski definition) is 1. The van der Waals surface area contributed by atoms with Gasteiger partial charge in [0, 0.05) is 8.42 Å². The smallest absolute Gasteiger partial charge is 0.227 e. The highest BCUT2D eigenvalue weighted by Gasteiger charge is 1.99. The first kappa shape index (κ1) is 5.28. The van der Waals surface area contributed by atoms with Crippen LogP contribution in [0.1, 0.15) is 14.7 Å². The van der Waals surface area contributed by atoms with E-state index in [2.05, 4.69) is 5.32 Å². The second-order valence-electron chi connectivity index (χ2n) is 1.39. The molecule has 0 heterocycles. The molecule has 1 amide bonds. The van der Waals surface area contributed by atoms with Crippen molar-refractivity contribution in [3.63, 3.8) is 0 Å². The van der Waals surface area contributed by atoms with Gasteiger partial charge in [0.2, 0.25) is 5.91 Å². The zero-order valence-corrected chi connectivity index (χ0v) is 4.73. The summed E-state index contributed by atoms with van der Waals surface area (Å²) in [5.41, 5.74) is 0. The van der Waals surface area contributed by atoms with Gasteiger partial charge in [0.05, 0.1) is 6.42 Å². The topological polar surface area (TPSA) is 46.2 Å². The standard InChI is InChI=1S/C5H9NO2/c1-4(7)3-5(8)6-2/h3H2,1-2H3,(H,6,8)/i1D. The van der Waals surface area contributed by atoms with Gasteiger partial charge in [-0.15, -0.1) is 0 Å². The highest BCUT2D eigenvalue weighted by molar-refractivity contribution is 5.96. The van der Waals surface area contributed by atoms with Crippen molar-refractivity contribution in [3.05, 3.63) is 0 Å². The van der Waals surface area contributed by atoms with Crippen molar-refractivity contribution in [2.75, 3.05) is 7.05 Å². The monoisotopic (exact) mass is 116 g/mol. The summed E-state index contributed by atoms with van der Waals surface area (Å²) in [7, 11) is 1.46. The summed E-state index contributed by atoms with van der Waals surface area (Å²) in [5.74, 6) is -0.679. The summed E-state index contributed by atoms with van der Waals surface area (Å²) < 4.78 is 6.55. The lowest BCUT2D eigenvalue weighted by Gasteiger charge is -1.91. The van der Waals surface area contributed by atoms with Crippen LogP contribution in [0.25, 0.3) is 0 Å². The number of ketones is 1. The Hall–Kier alpha value is -0.860. The van der Waals surface area contributed by atoms with Crippen LogP contribution in [-0.2, 0) is 9.59 Å². The molecule has 0 fully saturated rings. The highest BCUT2D eigenvalue weighted by Crippen LogP contribution is 1.78. The molecule has 0 aliphatic carbocycles. The van der Waals surface area contributed by atoms with E-state index in [1.807, 2.05) is 0 Å².